The van der Waals surface area contributed by atoms with Gasteiger partial charge in [-0.2, -0.15) is 23.7 Å². The summed E-state index contributed by atoms with van der Waals surface area (Å²) in [5.74, 6) is 0.389. The number of nitrogens with one attached hydrogen (secondary N) is 2. The lowest BCUT2D eigenvalue weighted by Gasteiger charge is -2.33. The first kappa shape index (κ1) is 37.3. The second kappa shape index (κ2) is 14.7. The summed E-state index contributed by atoms with van der Waals surface area (Å²) in [5.41, 5.74) is 0.810. The molecule has 2 atom stereocenters. The highest BCUT2D eigenvalue weighted by atomic mass is 35.5. The maximum Gasteiger partial charge on any atom is 0.410 e. The van der Waals surface area contributed by atoms with Gasteiger partial charge in [-0.1, -0.05) is 18.0 Å². The number of amides is 2. The van der Waals surface area contributed by atoms with Crippen molar-refractivity contribution in [1.29, 1.82) is 0 Å². The van der Waals surface area contributed by atoms with Crippen LogP contribution in [0, 0.1) is 11.3 Å². The van der Waals surface area contributed by atoms with E-state index in [2.05, 4.69) is 34.1 Å². The van der Waals surface area contributed by atoms with Crippen LogP contribution < -0.4 is 15.2 Å². The van der Waals surface area contributed by atoms with Crippen molar-refractivity contribution >= 4 is 41.4 Å². The summed E-state index contributed by atoms with van der Waals surface area (Å²) >= 11 is 7.48. The number of ether oxygens (including phenoxy) is 2. The molecule has 2 aromatic heterocycles. The Labute approximate surface area is 294 Å². The molecule has 0 aromatic carbocycles. The summed E-state index contributed by atoms with van der Waals surface area (Å²) in [6.07, 6.45) is 5.89. The fourth-order valence-corrected chi connectivity index (χ4v) is 6.99. The predicted molar refractivity (Wildman–Crippen MR) is 181 cm³/mol. The van der Waals surface area contributed by atoms with Crippen molar-refractivity contribution < 1.29 is 32.2 Å². The molecule has 5 rings (SSSR count). The molecule has 2 amide bonds. The Balaban J connectivity index is 1.01. The zero-order valence-electron chi connectivity index (χ0n) is 28.5. The normalized spacial score (nSPS) is 21.3. The smallest absolute Gasteiger partial charge is 0.410 e. The zero-order valence-corrected chi connectivity index (χ0v) is 30.1. The van der Waals surface area contributed by atoms with Crippen LogP contribution in [0.5, 0.6) is 0 Å². The number of halogens is 4. The molecule has 1 saturated carbocycles. The lowest BCUT2D eigenvalue weighted by atomic mass is 9.93. The first-order valence-corrected chi connectivity index (χ1v) is 17.7. The van der Waals surface area contributed by atoms with Gasteiger partial charge in [0.2, 0.25) is 0 Å². The molecule has 0 spiro atoms. The van der Waals surface area contributed by atoms with E-state index in [0.29, 0.717) is 18.3 Å². The van der Waals surface area contributed by atoms with Crippen LogP contribution in [0.2, 0.25) is 5.15 Å². The van der Waals surface area contributed by atoms with Crippen LogP contribution in [0.1, 0.15) is 89.9 Å². The highest BCUT2D eigenvalue weighted by Crippen LogP contribution is 2.59. The third kappa shape index (κ3) is 9.62. The summed E-state index contributed by atoms with van der Waals surface area (Å²) in [7, 11) is 0. The number of nitrogens with zero attached hydrogens (tertiary/aromatic N) is 5. The van der Waals surface area contributed by atoms with E-state index in [1.807, 2.05) is 36.5 Å². The molecule has 3 aliphatic rings. The van der Waals surface area contributed by atoms with Gasteiger partial charge < -0.3 is 14.4 Å². The van der Waals surface area contributed by atoms with Crippen molar-refractivity contribution in [2.75, 3.05) is 18.2 Å². The van der Waals surface area contributed by atoms with Crippen LogP contribution in [-0.4, -0.2) is 68.4 Å². The molecule has 2 unspecified atom stereocenters. The monoisotopic (exact) mass is 727 g/mol. The Bertz CT molecular complexity index is 1530. The molecule has 0 radical (unpaired) electrons. The molecule has 2 fully saturated rings. The first-order valence-electron chi connectivity index (χ1n) is 16.5. The highest BCUT2D eigenvalue weighted by Gasteiger charge is 2.62. The molecule has 1 saturated heterocycles. The SMILES string of the molecule is CC(C)(C)OC(=O)N1CC(CCCCn2cc(SNC(=O)c3ccc(N4C=CC(OCCC5(C(F)(F)F)CC5)N4)nc3Cl)cn2)CC1(C)C. The molecule has 2 aliphatic heterocycles. The van der Waals surface area contributed by atoms with Crippen LogP contribution >= 0.6 is 23.5 Å². The van der Waals surface area contributed by atoms with E-state index in [9.17, 15) is 22.8 Å². The van der Waals surface area contributed by atoms with Crippen molar-refractivity contribution in [3.8, 4) is 0 Å². The lowest BCUT2D eigenvalue weighted by Crippen LogP contribution is -2.45. The number of hydrogen-bond donors (Lipinski definition) is 2. The number of hydrazine groups is 1. The topological polar surface area (TPSA) is 114 Å². The highest BCUT2D eigenvalue weighted by molar-refractivity contribution is 7.98. The Morgan fingerprint density at radius 3 is 2.61 bits per heavy atom. The van der Waals surface area contributed by atoms with Gasteiger partial charge in [-0.25, -0.2) is 9.78 Å². The molecule has 4 heterocycles. The molecule has 16 heteroatoms. The molecular weight excluding hydrogens is 683 g/mol. The Hall–Kier alpha value is -3.01. The number of anilines is 1. The summed E-state index contributed by atoms with van der Waals surface area (Å²) in [5, 5.41) is 5.93. The van der Waals surface area contributed by atoms with Crippen LogP contribution in [0.4, 0.5) is 23.8 Å². The fraction of sp³-hybridized carbons (Fsp3) is 0.636. The van der Waals surface area contributed by atoms with Gasteiger partial charge in [0.25, 0.3) is 5.91 Å². The molecule has 270 valence electrons. The molecule has 2 aromatic rings. The zero-order chi connectivity index (χ0) is 35.6. The van der Waals surface area contributed by atoms with E-state index in [1.54, 1.807) is 30.6 Å². The maximum absolute atomic E-state index is 13.1. The number of unbranched alkanes of at least 4 members (excludes halogenated alkanes) is 1. The average molecular weight is 728 g/mol. The van der Waals surface area contributed by atoms with Gasteiger partial charge in [0.05, 0.1) is 22.1 Å². The van der Waals surface area contributed by atoms with E-state index >= 15 is 0 Å². The number of alkyl halides is 3. The van der Waals surface area contributed by atoms with Crippen LogP contribution in [0.15, 0.2) is 41.7 Å². The number of hydrogen-bond acceptors (Lipinski definition) is 9. The summed E-state index contributed by atoms with van der Waals surface area (Å²) in [4.78, 5) is 32.5. The largest absolute Gasteiger partial charge is 0.444 e. The standard InChI is InChI=1S/C33H45ClF3N7O4S/c1-30(2,3)48-29(46)43-20-22(18-31(43,4)5)8-6-7-15-42-21-23(19-38-42)49-41-28(45)24-9-10-25(39-27(24)34)44-16-11-26(40-44)47-17-14-32(12-13-32)33(35,36)37/h9-11,16,19,21-22,26,40H,6-8,12-15,17-18,20H2,1-5H3,(H,41,45). The van der Waals surface area contributed by atoms with Gasteiger partial charge in [-0.15, -0.1) is 0 Å². The van der Waals surface area contributed by atoms with E-state index in [0.717, 1.165) is 49.1 Å². The minimum atomic E-state index is -4.21. The molecule has 49 heavy (non-hydrogen) atoms. The third-order valence-electron chi connectivity index (χ3n) is 9.03. The van der Waals surface area contributed by atoms with E-state index in [1.165, 1.54) is 5.01 Å². The van der Waals surface area contributed by atoms with Crippen molar-refractivity contribution in [3.05, 3.63) is 47.5 Å². The van der Waals surface area contributed by atoms with E-state index in [4.69, 9.17) is 21.1 Å². The van der Waals surface area contributed by atoms with Gasteiger partial charge in [0.15, 0.2) is 0 Å². The number of carbonyl (C=O) groups is 2. The quantitative estimate of drug-likeness (QED) is 0.123. The number of likely N-dealkylation sites (tertiary alicyclic amines) is 1. The lowest BCUT2D eigenvalue weighted by molar-refractivity contribution is -0.192. The number of aryl methyl sites for hydroxylation is 1. The Morgan fingerprint density at radius 1 is 1.18 bits per heavy atom. The number of carbonyl (C=O) groups excluding carboxylic acids is 2. The van der Waals surface area contributed by atoms with Crippen molar-refractivity contribution in [3.63, 3.8) is 0 Å². The Morgan fingerprint density at radius 2 is 1.94 bits per heavy atom. The number of pyridine rings is 1. The number of aromatic nitrogens is 3. The first-order chi connectivity index (χ1) is 22.9. The maximum atomic E-state index is 13.1. The minimum Gasteiger partial charge on any atom is -0.444 e. The van der Waals surface area contributed by atoms with Crippen LogP contribution in [-0.2, 0) is 16.0 Å². The fourth-order valence-electron chi connectivity index (χ4n) is 6.16. The van der Waals surface area contributed by atoms with Gasteiger partial charge >= 0.3 is 12.3 Å². The van der Waals surface area contributed by atoms with Gasteiger partial charge in [-0.05, 0) is 109 Å². The summed E-state index contributed by atoms with van der Waals surface area (Å²) in [6, 6.07) is 3.15. The van der Waals surface area contributed by atoms with Gasteiger partial charge in [-0.3, -0.25) is 19.2 Å². The molecule has 1 aliphatic carbocycles. The predicted octanol–water partition coefficient (Wildman–Crippen LogP) is 7.49. The Kier molecular flexibility index (Phi) is 11.2. The van der Waals surface area contributed by atoms with Crippen molar-refractivity contribution in [2.45, 2.75) is 115 Å². The third-order valence-corrected chi connectivity index (χ3v) is 10.1. The van der Waals surface area contributed by atoms with Gasteiger partial charge in [0, 0.05) is 37.6 Å². The minimum absolute atomic E-state index is 0.00780. The average Bonchev–Trinajstić information content (AvgIpc) is 3.30. The summed E-state index contributed by atoms with van der Waals surface area (Å²) < 4.78 is 55.3. The molecule has 0 bridgehead atoms. The van der Waals surface area contributed by atoms with Crippen LogP contribution in [0.3, 0.4) is 0 Å². The second-order valence-electron chi connectivity index (χ2n) is 14.6. The van der Waals surface area contributed by atoms with Gasteiger partial charge in [0.1, 0.15) is 22.8 Å². The molecular formula is C33H45ClF3N7O4S. The second-order valence-corrected chi connectivity index (χ2v) is 15.8. The van der Waals surface area contributed by atoms with Crippen molar-refractivity contribution in [2.24, 2.45) is 11.3 Å². The summed E-state index contributed by atoms with van der Waals surface area (Å²) in [6.45, 7) is 11.2. The molecule has 11 nitrogen and oxygen atoms in total. The molecule has 2 N–H and O–H groups in total. The number of rotatable bonds is 13. The van der Waals surface area contributed by atoms with Crippen LogP contribution in [0.25, 0.3) is 0 Å². The van der Waals surface area contributed by atoms with Crippen molar-refractivity contribution in [1.82, 2.24) is 29.8 Å². The van der Waals surface area contributed by atoms with E-state index in [-0.39, 0.29) is 48.2 Å². The van der Waals surface area contributed by atoms with E-state index < -0.39 is 29.3 Å².